The molecular weight excluding hydrogens is 246 g/mol. The molecule has 1 aliphatic rings. The second kappa shape index (κ2) is 5.44. The highest BCUT2D eigenvalue weighted by Gasteiger charge is 2.33. The lowest BCUT2D eigenvalue weighted by molar-refractivity contribution is -0.128. The molecule has 2 rings (SSSR count). The first kappa shape index (κ1) is 13.6. The van der Waals surface area contributed by atoms with E-state index in [1.165, 1.54) is 6.07 Å². The zero-order chi connectivity index (χ0) is 13.9. The lowest BCUT2D eigenvalue weighted by Gasteiger charge is -2.33. The molecule has 1 aromatic heterocycles. The topological polar surface area (TPSA) is 97.4 Å². The van der Waals surface area contributed by atoms with E-state index in [1.54, 1.807) is 6.07 Å². The monoisotopic (exact) mass is 265 g/mol. The first-order valence-electron chi connectivity index (χ1n) is 6.43. The van der Waals surface area contributed by atoms with Crippen LogP contribution in [0.2, 0.25) is 0 Å². The Bertz CT molecular complexity index is 475. The van der Waals surface area contributed by atoms with E-state index in [0.717, 1.165) is 25.8 Å². The Morgan fingerprint density at radius 3 is 2.84 bits per heavy atom. The Labute approximate surface area is 111 Å². The fourth-order valence-electron chi connectivity index (χ4n) is 2.22. The average molecular weight is 265 g/mol. The first-order valence-corrected chi connectivity index (χ1v) is 6.43. The highest BCUT2D eigenvalue weighted by Crippen LogP contribution is 2.19. The Morgan fingerprint density at radius 1 is 1.47 bits per heavy atom. The number of piperidine rings is 1. The van der Waals surface area contributed by atoms with Crippen molar-refractivity contribution in [2.45, 2.75) is 38.3 Å². The second-order valence-electron chi connectivity index (χ2n) is 5.03. The SMILES string of the molecule is CC1(C(=O)NCc2ccc(C(N)=O)o2)CCCCN1. The van der Waals surface area contributed by atoms with E-state index in [2.05, 4.69) is 10.6 Å². The van der Waals surface area contributed by atoms with Gasteiger partial charge in [-0.2, -0.15) is 0 Å². The van der Waals surface area contributed by atoms with Crippen LogP contribution in [-0.4, -0.2) is 23.9 Å². The number of rotatable bonds is 4. The average Bonchev–Trinajstić information content (AvgIpc) is 2.85. The summed E-state index contributed by atoms with van der Waals surface area (Å²) in [6.07, 6.45) is 2.97. The van der Waals surface area contributed by atoms with Gasteiger partial charge in [-0.1, -0.05) is 0 Å². The third kappa shape index (κ3) is 3.14. The molecule has 0 spiro atoms. The predicted octanol–water partition coefficient (Wildman–Crippen LogP) is 0.527. The minimum atomic E-state index is -0.613. The molecule has 1 unspecified atom stereocenters. The Balaban J connectivity index is 1.90. The van der Waals surface area contributed by atoms with Gasteiger partial charge in [-0.05, 0) is 44.9 Å². The van der Waals surface area contributed by atoms with Crippen molar-refractivity contribution in [3.8, 4) is 0 Å². The molecule has 0 saturated carbocycles. The second-order valence-corrected chi connectivity index (χ2v) is 5.03. The number of primary amides is 1. The quantitative estimate of drug-likeness (QED) is 0.739. The Kier molecular flexibility index (Phi) is 3.90. The van der Waals surface area contributed by atoms with E-state index in [9.17, 15) is 9.59 Å². The first-order chi connectivity index (χ1) is 9.01. The number of nitrogens with one attached hydrogen (secondary N) is 2. The summed E-state index contributed by atoms with van der Waals surface area (Å²) in [6.45, 7) is 3.01. The van der Waals surface area contributed by atoms with Crippen LogP contribution in [0.4, 0.5) is 0 Å². The van der Waals surface area contributed by atoms with E-state index in [-0.39, 0.29) is 18.2 Å². The lowest BCUT2D eigenvalue weighted by atomic mass is 9.90. The number of hydrogen-bond acceptors (Lipinski definition) is 4. The van der Waals surface area contributed by atoms with Crippen molar-refractivity contribution in [2.75, 3.05) is 6.54 Å². The van der Waals surface area contributed by atoms with Gasteiger partial charge < -0.3 is 20.8 Å². The molecule has 1 atom stereocenters. The third-order valence-corrected chi connectivity index (χ3v) is 3.45. The minimum absolute atomic E-state index is 0.0516. The highest BCUT2D eigenvalue weighted by atomic mass is 16.4. The van der Waals surface area contributed by atoms with Crippen LogP contribution in [0, 0.1) is 0 Å². The van der Waals surface area contributed by atoms with E-state index in [4.69, 9.17) is 10.2 Å². The van der Waals surface area contributed by atoms with Crippen LogP contribution in [0.15, 0.2) is 16.5 Å². The largest absolute Gasteiger partial charge is 0.454 e. The summed E-state index contributed by atoms with van der Waals surface area (Å²) in [5.41, 5.74) is 4.57. The van der Waals surface area contributed by atoms with Crippen LogP contribution in [0.5, 0.6) is 0 Å². The minimum Gasteiger partial charge on any atom is -0.454 e. The van der Waals surface area contributed by atoms with Crippen LogP contribution in [0.25, 0.3) is 0 Å². The van der Waals surface area contributed by atoms with Gasteiger partial charge in [0.15, 0.2) is 5.76 Å². The molecule has 1 saturated heterocycles. The number of carbonyl (C=O) groups is 2. The molecule has 0 radical (unpaired) electrons. The Morgan fingerprint density at radius 2 is 2.26 bits per heavy atom. The summed E-state index contributed by atoms with van der Waals surface area (Å²) in [5.74, 6) is -0.0458. The molecule has 2 amide bonds. The van der Waals surface area contributed by atoms with Crippen molar-refractivity contribution >= 4 is 11.8 Å². The number of carbonyl (C=O) groups excluding carboxylic acids is 2. The zero-order valence-electron chi connectivity index (χ0n) is 11.0. The molecule has 19 heavy (non-hydrogen) atoms. The molecule has 2 heterocycles. The van der Waals surface area contributed by atoms with E-state index in [0.29, 0.717) is 5.76 Å². The van der Waals surface area contributed by atoms with E-state index >= 15 is 0 Å². The van der Waals surface area contributed by atoms with Gasteiger partial charge in [0.05, 0.1) is 12.1 Å². The van der Waals surface area contributed by atoms with Crippen molar-refractivity contribution in [3.05, 3.63) is 23.7 Å². The smallest absolute Gasteiger partial charge is 0.284 e. The highest BCUT2D eigenvalue weighted by molar-refractivity contribution is 5.90. The lowest BCUT2D eigenvalue weighted by Crippen LogP contribution is -2.56. The van der Waals surface area contributed by atoms with Gasteiger partial charge in [0.25, 0.3) is 5.91 Å². The summed E-state index contributed by atoms with van der Waals surface area (Å²) < 4.78 is 5.21. The van der Waals surface area contributed by atoms with Gasteiger partial charge in [-0.25, -0.2) is 0 Å². The van der Waals surface area contributed by atoms with Gasteiger partial charge in [-0.15, -0.1) is 0 Å². The standard InChI is InChI=1S/C13H19N3O3/c1-13(6-2-3-7-16-13)12(18)15-8-9-4-5-10(19-9)11(14)17/h4-5,16H,2-3,6-8H2,1H3,(H2,14,17)(H,15,18). The van der Waals surface area contributed by atoms with Gasteiger partial charge in [0.1, 0.15) is 5.76 Å². The maximum Gasteiger partial charge on any atom is 0.284 e. The van der Waals surface area contributed by atoms with Crippen molar-refractivity contribution in [1.82, 2.24) is 10.6 Å². The van der Waals surface area contributed by atoms with Crippen LogP contribution < -0.4 is 16.4 Å². The Hall–Kier alpha value is -1.82. The van der Waals surface area contributed by atoms with Crippen LogP contribution in [0.1, 0.15) is 42.5 Å². The van der Waals surface area contributed by atoms with Gasteiger partial charge >= 0.3 is 0 Å². The molecule has 1 fully saturated rings. The summed E-state index contributed by atoms with van der Waals surface area (Å²) in [4.78, 5) is 23.0. The summed E-state index contributed by atoms with van der Waals surface area (Å²) >= 11 is 0. The summed E-state index contributed by atoms with van der Waals surface area (Å²) in [5, 5.41) is 6.05. The van der Waals surface area contributed by atoms with Crippen LogP contribution in [0.3, 0.4) is 0 Å². The molecular formula is C13H19N3O3. The molecule has 0 aliphatic carbocycles. The van der Waals surface area contributed by atoms with Crippen molar-refractivity contribution in [1.29, 1.82) is 0 Å². The molecule has 6 nitrogen and oxygen atoms in total. The third-order valence-electron chi connectivity index (χ3n) is 3.45. The van der Waals surface area contributed by atoms with Crippen molar-refractivity contribution in [3.63, 3.8) is 0 Å². The summed E-state index contributed by atoms with van der Waals surface area (Å²) in [7, 11) is 0. The number of furan rings is 1. The van der Waals surface area contributed by atoms with Crippen LogP contribution in [-0.2, 0) is 11.3 Å². The van der Waals surface area contributed by atoms with Crippen molar-refractivity contribution < 1.29 is 14.0 Å². The van der Waals surface area contributed by atoms with Gasteiger partial charge in [-0.3, -0.25) is 9.59 Å². The van der Waals surface area contributed by atoms with Crippen molar-refractivity contribution in [2.24, 2.45) is 5.73 Å². The molecule has 0 aromatic carbocycles. The number of amides is 2. The molecule has 4 N–H and O–H groups in total. The molecule has 6 heteroatoms. The molecule has 1 aliphatic heterocycles. The molecule has 104 valence electrons. The van der Waals surface area contributed by atoms with Gasteiger partial charge in [0.2, 0.25) is 5.91 Å². The fourth-order valence-corrected chi connectivity index (χ4v) is 2.22. The fraction of sp³-hybridized carbons (Fsp3) is 0.538. The molecule has 1 aromatic rings. The van der Waals surface area contributed by atoms with Gasteiger partial charge in [0, 0.05) is 0 Å². The zero-order valence-corrected chi connectivity index (χ0v) is 11.0. The maximum absolute atomic E-state index is 12.1. The summed E-state index contributed by atoms with van der Waals surface area (Å²) in [6, 6.07) is 3.14. The predicted molar refractivity (Wildman–Crippen MR) is 69.3 cm³/mol. The van der Waals surface area contributed by atoms with Crippen LogP contribution >= 0.6 is 0 Å². The van der Waals surface area contributed by atoms with E-state index in [1.807, 2.05) is 6.92 Å². The normalized spacial score (nSPS) is 23.0. The number of nitrogens with two attached hydrogens (primary N) is 1. The molecule has 0 bridgehead atoms. The number of hydrogen-bond donors (Lipinski definition) is 3. The maximum atomic E-state index is 12.1. The van der Waals surface area contributed by atoms with E-state index < -0.39 is 11.4 Å².